The molecule has 0 aliphatic heterocycles. The van der Waals surface area contributed by atoms with E-state index in [-0.39, 0.29) is 11.7 Å². The molecule has 6 heteroatoms. The number of halogens is 1. The standard InChI is InChI=1S/C15H12FN3OS/c16-12-7-11(18)5-6-14(12)21-9-15(20)19-13-4-2-1-3-10(13)8-17/h1-7H,9,18H2,(H,19,20). The fourth-order valence-electron chi connectivity index (χ4n) is 1.65. The first-order chi connectivity index (χ1) is 10.1. The predicted molar refractivity (Wildman–Crippen MR) is 81.3 cm³/mol. The minimum atomic E-state index is -0.453. The summed E-state index contributed by atoms with van der Waals surface area (Å²) in [5.41, 5.74) is 6.63. The molecule has 2 aromatic rings. The summed E-state index contributed by atoms with van der Waals surface area (Å²) in [5, 5.41) is 11.6. The van der Waals surface area contributed by atoms with Gasteiger partial charge in [-0.3, -0.25) is 4.79 Å². The van der Waals surface area contributed by atoms with Crippen molar-refractivity contribution in [2.24, 2.45) is 0 Å². The number of nitrogens with zero attached hydrogens (tertiary/aromatic N) is 1. The molecule has 0 aliphatic carbocycles. The van der Waals surface area contributed by atoms with Gasteiger partial charge in [0.15, 0.2) is 0 Å². The van der Waals surface area contributed by atoms with Gasteiger partial charge >= 0.3 is 0 Å². The zero-order chi connectivity index (χ0) is 15.2. The van der Waals surface area contributed by atoms with E-state index in [2.05, 4.69) is 5.32 Å². The second-order valence-electron chi connectivity index (χ2n) is 4.18. The van der Waals surface area contributed by atoms with E-state index >= 15 is 0 Å². The molecule has 1 amide bonds. The van der Waals surface area contributed by atoms with Crippen molar-refractivity contribution in [2.45, 2.75) is 4.90 Å². The Morgan fingerprint density at radius 3 is 2.81 bits per heavy atom. The van der Waals surface area contributed by atoms with Crippen LogP contribution in [-0.2, 0) is 4.79 Å². The maximum absolute atomic E-state index is 13.6. The van der Waals surface area contributed by atoms with E-state index in [1.54, 1.807) is 30.3 Å². The summed E-state index contributed by atoms with van der Waals surface area (Å²) in [7, 11) is 0. The Hall–Kier alpha value is -2.52. The highest BCUT2D eigenvalue weighted by Gasteiger charge is 2.09. The first-order valence-corrected chi connectivity index (χ1v) is 7.05. The first-order valence-electron chi connectivity index (χ1n) is 6.07. The number of carbonyl (C=O) groups is 1. The molecule has 0 atom stereocenters. The van der Waals surface area contributed by atoms with E-state index in [0.717, 1.165) is 11.8 Å². The van der Waals surface area contributed by atoms with Gasteiger partial charge in [0.1, 0.15) is 11.9 Å². The van der Waals surface area contributed by atoms with Crippen LogP contribution in [-0.4, -0.2) is 11.7 Å². The second kappa shape index (κ2) is 6.77. The van der Waals surface area contributed by atoms with Crippen molar-refractivity contribution < 1.29 is 9.18 Å². The summed E-state index contributed by atoms with van der Waals surface area (Å²) in [4.78, 5) is 12.2. The average molecular weight is 301 g/mol. The molecule has 0 saturated heterocycles. The van der Waals surface area contributed by atoms with Gasteiger partial charge in [0, 0.05) is 10.6 Å². The number of thioether (sulfide) groups is 1. The average Bonchev–Trinajstić information content (AvgIpc) is 2.47. The third-order valence-electron chi connectivity index (χ3n) is 2.64. The minimum absolute atomic E-state index is 0.0423. The topological polar surface area (TPSA) is 78.9 Å². The zero-order valence-electron chi connectivity index (χ0n) is 11.0. The van der Waals surface area contributed by atoms with Crippen molar-refractivity contribution >= 4 is 29.0 Å². The lowest BCUT2D eigenvalue weighted by atomic mass is 10.2. The van der Waals surface area contributed by atoms with Crippen molar-refractivity contribution in [1.82, 2.24) is 0 Å². The largest absolute Gasteiger partial charge is 0.399 e. The van der Waals surface area contributed by atoms with E-state index in [9.17, 15) is 9.18 Å². The lowest BCUT2D eigenvalue weighted by Gasteiger charge is -2.07. The highest BCUT2D eigenvalue weighted by atomic mass is 32.2. The Labute approximate surface area is 125 Å². The van der Waals surface area contributed by atoms with E-state index < -0.39 is 5.82 Å². The fourth-order valence-corrected chi connectivity index (χ4v) is 2.37. The molecule has 106 valence electrons. The Kier molecular flexibility index (Phi) is 4.80. The molecule has 0 saturated carbocycles. The number of nitrogens with one attached hydrogen (secondary N) is 1. The SMILES string of the molecule is N#Cc1ccccc1NC(=O)CSc1ccc(N)cc1F. The third-order valence-corrected chi connectivity index (χ3v) is 3.68. The Morgan fingerprint density at radius 1 is 1.33 bits per heavy atom. The van der Waals surface area contributed by atoms with Crippen LogP contribution in [0.5, 0.6) is 0 Å². The second-order valence-corrected chi connectivity index (χ2v) is 5.20. The number of nitrogen functional groups attached to an aromatic ring is 1. The van der Waals surface area contributed by atoms with Crippen LogP contribution in [0.2, 0.25) is 0 Å². The molecule has 21 heavy (non-hydrogen) atoms. The molecule has 0 unspecified atom stereocenters. The van der Waals surface area contributed by atoms with E-state index in [0.29, 0.717) is 21.8 Å². The molecule has 0 radical (unpaired) electrons. The van der Waals surface area contributed by atoms with Crippen molar-refractivity contribution in [2.75, 3.05) is 16.8 Å². The monoisotopic (exact) mass is 301 g/mol. The van der Waals surface area contributed by atoms with Crippen molar-refractivity contribution in [1.29, 1.82) is 5.26 Å². The number of rotatable bonds is 4. The maximum Gasteiger partial charge on any atom is 0.234 e. The van der Waals surface area contributed by atoms with Crippen molar-refractivity contribution in [3.05, 3.63) is 53.8 Å². The van der Waals surface area contributed by atoms with Gasteiger partial charge in [-0.05, 0) is 30.3 Å². The number of carbonyl (C=O) groups excluding carboxylic acids is 1. The quantitative estimate of drug-likeness (QED) is 0.672. The summed E-state index contributed by atoms with van der Waals surface area (Å²) in [5.74, 6) is -0.718. The first kappa shape index (κ1) is 14.9. The summed E-state index contributed by atoms with van der Waals surface area (Å²) in [6.07, 6.45) is 0. The van der Waals surface area contributed by atoms with Gasteiger partial charge in [-0.15, -0.1) is 11.8 Å². The van der Waals surface area contributed by atoms with Crippen LogP contribution >= 0.6 is 11.8 Å². The van der Waals surface area contributed by atoms with Crippen LogP contribution in [0.4, 0.5) is 15.8 Å². The molecule has 0 aromatic heterocycles. The Morgan fingerprint density at radius 2 is 2.10 bits per heavy atom. The van der Waals surface area contributed by atoms with Gasteiger partial charge < -0.3 is 11.1 Å². The Balaban J connectivity index is 1.98. The van der Waals surface area contributed by atoms with E-state index in [4.69, 9.17) is 11.0 Å². The molecule has 0 bridgehead atoms. The molecule has 0 fully saturated rings. The van der Waals surface area contributed by atoms with Gasteiger partial charge in [0.05, 0.1) is 17.0 Å². The number of hydrogen-bond donors (Lipinski definition) is 2. The molecular weight excluding hydrogens is 289 g/mol. The van der Waals surface area contributed by atoms with Gasteiger partial charge in [0.25, 0.3) is 0 Å². The molecule has 2 rings (SSSR count). The van der Waals surface area contributed by atoms with Gasteiger partial charge in [-0.1, -0.05) is 12.1 Å². The van der Waals surface area contributed by atoms with Crippen LogP contribution in [0.1, 0.15) is 5.56 Å². The molecular formula is C15H12FN3OS. The van der Waals surface area contributed by atoms with E-state index in [1.165, 1.54) is 12.1 Å². The predicted octanol–water partition coefficient (Wildman–Crippen LogP) is 3.01. The molecule has 0 aliphatic rings. The summed E-state index contributed by atoms with van der Waals surface area (Å²) in [6, 6.07) is 13.0. The highest BCUT2D eigenvalue weighted by molar-refractivity contribution is 8.00. The lowest BCUT2D eigenvalue weighted by molar-refractivity contribution is -0.113. The van der Waals surface area contributed by atoms with Crippen LogP contribution < -0.4 is 11.1 Å². The number of hydrogen-bond acceptors (Lipinski definition) is 4. The minimum Gasteiger partial charge on any atom is -0.399 e. The van der Waals surface area contributed by atoms with Crippen LogP contribution in [0.25, 0.3) is 0 Å². The summed E-state index contributed by atoms with van der Waals surface area (Å²) < 4.78 is 13.6. The number of para-hydroxylation sites is 1. The normalized spacial score (nSPS) is 9.90. The Bertz CT molecular complexity index is 712. The van der Waals surface area contributed by atoms with Gasteiger partial charge in [-0.25, -0.2) is 4.39 Å². The molecule has 0 spiro atoms. The third kappa shape index (κ3) is 3.97. The number of nitriles is 1. The van der Waals surface area contributed by atoms with E-state index in [1.807, 2.05) is 6.07 Å². The van der Waals surface area contributed by atoms with Crippen LogP contribution in [0.3, 0.4) is 0 Å². The van der Waals surface area contributed by atoms with Crippen LogP contribution in [0.15, 0.2) is 47.4 Å². The molecule has 2 aromatic carbocycles. The smallest absolute Gasteiger partial charge is 0.234 e. The number of anilines is 2. The number of nitrogens with two attached hydrogens (primary N) is 1. The maximum atomic E-state index is 13.6. The zero-order valence-corrected chi connectivity index (χ0v) is 11.8. The lowest BCUT2D eigenvalue weighted by Crippen LogP contribution is -2.15. The fraction of sp³-hybridized carbons (Fsp3) is 0.0667. The van der Waals surface area contributed by atoms with Crippen LogP contribution in [0, 0.1) is 17.1 Å². The summed E-state index contributed by atoms with van der Waals surface area (Å²) >= 11 is 1.07. The highest BCUT2D eigenvalue weighted by Crippen LogP contribution is 2.23. The van der Waals surface area contributed by atoms with Crippen molar-refractivity contribution in [3.8, 4) is 6.07 Å². The number of amides is 1. The molecule has 3 N–H and O–H groups in total. The van der Waals surface area contributed by atoms with Gasteiger partial charge in [-0.2, -0.15) is 5.26 Å². The number of benzene rings is 2. The van der Waals surface area contributed by atoms with Gasteiger partial charge in [0.2, 0.25) is 5.91 Å². The molecule has 0 heterocycles. The molecule has 4 nitrogen and oxygen atoms in total. The van der Waals surface area contributed by atoms with Crippen molar-refractivity contribution in [3.63, 3.8) is 0 Å². The summed E-state index contributed by atoms with van der Waals surface area (Å²) in [6.45, 7) is 0.